The lowest BCUT2D eigenvalue weighted by Crippen LogP contribution is -2.02. The van der Waals surface area contributed by atoms with Crippen LogP contribution in [0.25, 0.3) is 11.1 Å². The Morgan fingerprint density at radius 1 is 0.963 bits per heavy atom. The average molecular weight is 361 g/mol. The van der Waals surface area contributed by atoms with E-state index < -0.39 is 0 Å². The molecule has 3 aromatic carbocycles. The van der Waals surface area contributed by atoms with Crippen molar-refractivity contribution in [2.45, 2.75) is 6.42 Å². The number of hydrogen-bond acceptors (Lipinski definition) is 5. The Labute approximate surface area is 154 Å². The van der Waals surface area contributed by atoms with Crippen molar-refractivity contribution < 1.29 is 24.5 Å². The molecular weight excluding hydrogens is 346 g/mol. The summed E-state index contributed by atoms with van der Waals surface area (Å²) in [7, 11) is 0. The summed E-state index contributed by atoms with van der Waals surface area (Å²) in [5.74, 6) is -0.178. The van der Waals surface area contributed by atoms with Crippen molar-refractivity contribution in [3.8, 4) is 34.1 Å². The Bertz CT molecular complexity index is 1070. The van der Waals surface area contributed by atoms with E-state index in [2.05, 4.69) is 5.32 Å². The van der Waals surface area contributed by atoms with Crippen molar-refractivity contribution in [2.75, 3.05) is 5.32 Å². The van der Waals surface area contributed by atoms with E-state index in [-0.39, 0.29) is 35.0 Å². The maximum Gasteiger partial charge on any atom is 0.211 e. The van der Waals surface area contributed by atoms with Gasteiger partial charge in [0.05, 0.1) is 0 Å². The van der Waals surface area contributed by atoms with Crippen LogP contribution in [0.15, 0.2) is 54.6 Å². The molecule has 27 heavy (non-hydrogen) atoms. The number of Topliss-reactive ketones (excluding diaryl/α,β-unsaturated/α-hetero) is 1. The van der Waals surface area contributed by atoms with Crippen LogP contribution in [-0.2, 0) is 11.2 Å². The summed E-state index contributed by atoms with van der Waals surface area (Å²) in [5.41, 5.74) is 3.12. The van der Waals surface area contributed by atoms with Gasteiger partial charge < -0.3 is 20.3 Å². The molecule has 0 radical (unpaired) electrons. The highest BCUT2D eigenvalue weighted by Crippen LogP contribution is 2.41. The SMILES string of the molecule is O=CNc1cccc(-c2ccc3c(c2)CC(=O)c2c(O)cc(O)cc2O3)c1. The molecule has 0 saturated heterocycles. The zero-order valence-electron chi connectivity index (χ0n) is 14.1. The Kier molecular flexibility index (Phi) is 4.01. The van der Waals surface area contributed by atoms with Gasteiger partial charge in [-0.1, -0.05) is 18.2 Å². The second-order valence-electron chi connectivity index (χ2n) is 6.21. The lowest BCUT2D eigenvalue weighted by Gasteiger charge is -2.11. The zero-order valence-corrected chi connectivity index (χ0v) is 14.1. The number of amides is 1. The number of phenols is 2. The number of phenolic OH excluding ortho intramolecular Hbond substituents is 2. The van der Waals surface area contributed by atoms with Gasteiger partial charge in [0.2, 0.25) is 6.41 Å². The molecular formula is C21H15NO5. The van der Waals surface area contributed by atoms with Crippen LogP contribution in [0.3, 0.4) is 0 Å². The molecule has 0 atom stereocenters. The summed E-state index contributed by atoms with van der Waals surface area (Å²) in [4.78, 5) is 23.3. The van der Waals surface area contributed by atoms with E-state index in [1.165, 1.54) is 6.07 Å². The summed E-state index contributed by atoms with van der Waals surface area (Å²) in [5, 5.41) is 22.3. The first-order chi connectivity index (χ1) is 13.0. The number of nitrogens with one attached hydrogen (secondary N) is 1. The van der Waals surface area contributed by atoms with Crippen molar-refractivity contribution >= 4 is 17.9 Å². The topological polar surface area (TPSA) is 95.9 Å². The molecule has 6 heteroatoms. The standard InChI is InChI=1S/C21H15NO5/c23-11-22-15-3-1-2-12(7-15)13-4-5-19-14(6-13)8-17(25)21-18(26)9-16(24)10-20(21)27-19/h1-7,9-11,24,26H,8H2,(H,22,23). The minimum atomic E-state index is -0.310. The molecule has 1 aliphatic rings. The van der Waals surface area contributed by atoms with Crippen LogP contribution in [0, 0.1) is 0 Å². The van der Waals surface area contributed by atoms with E-state index in [4.69, 9.17) is 4.74 Å². The number of rotatable bonds is 3. The molecule has 1 aliphatic heterocycles. The van der Waals surface area contributed by atoms with Gasteiger partial charge in [0.25, 0.3) is 0 Å². The quantitative estimate of drug-likeness (QED) is 0.616. The second kappa shape index (κ2) is 6.49. The Morgan fingerprint density at radius 3 is 2.59 bits per heavy atom. The first kappa shape index (κ1) is 16.7. The molecule has 0 fully saturated rings. The monoisotopic (exact) mass is 361 g/mol. The maximum absolute atomic E-state index is 12.6. The van der Waals surface area contributed by atoms with E-state index >= 15 is 0 Å². The molecule has 3 N–H and O–H groups in total. The summed E-state index contributed by atoms with van der Waals surface area (Å²) in [6.07, 6.45) is 0.669. The first-order valence-corrected chi connectivity index (χ1v) is 8.26. The third kappa shape index (κ3) is 3.08. The number of fused-ring (bicyclic) bond motifs is 2. The van der Waals surface area contributed by atoms with Crippen LogP contribution in [0.5, 0.6) is 23.0 Å². The molecule has 0 saturated carbocycles. The van der Waals surface area contributed by atoms with Crippen molar-refractivity contribution in [3.63, 3.8) is 0 Å². The van der Waals surface area contributed by atoms with Gasteiger partial charge in [0.15, 0.2) is 5.78 Å². The number of ketones is 1. The zero-order chi connectivity index (χ0) is 19.0. The number of benzene rings is 3. The normalized spacial score (nSPS) is 12.4. The number of ether oxygens (including phenoxy) is 1. The van der Waals surface area contributed by atoms with E-state index in [0.717, 1.165) is 17.2 Å². The van der Waals surface area contributed by atoms with E-state index in [0.29, 0.717) is 23.4 Å². The molecule has 0 bridgehead atoms. The molecule has 1 heterocycles. The van der Waals surface area contributed by atoms with Crippen LogP contribution in [0.2, 0.25) is 0 Å². The van der Waals surface area contributed by atoms with Gasteiger partial charge in [-0.05, 0) is 35.4 Å². The van der Waals surface area contributed by atoms with Gasteiger partial charge in [0, 0.05) is 29.8 Å². The Morgan fingerprint density at radius 2 is 1.78 bits per heavy atom. The predicted octanol–water partition coefficient (Wildman–Crippen LogP) is 3.86. The fourth-order valence-electron chi connectivity index (χ4n) is 3.18. The van der Waals surface area contributed by atoms with Crippen molar-refractivity contribution in [1.29, 1.82) is 0 Å². The lowest BCUT2D eigenvalue weighted by atomic mass is 9.98. The van der Waals surface area contributed by atoms with Crippen LogP contribution in [-0.4, -0.2) is 22.4 Å². The third-order valence-electron chi connectivity index (χ3n) is 4.40. The van der Waals surface area contributed by atoms with Gasteiger partial charge in [-0.25, -0.2) is 0 Å². The average Bonchev–Trinajstić information content (AvgIpc) is 2.76. The van der Waals surface area contributed by atoms with E-state index in [9.17, 15) is 19.8 Å². The van der Waals surface area contributed by atoms with Gasteiger partial charge in [-0.15, -0.1) is 0 Å². The van der Waals surface area contributed by atoms with Gasteiger partial charge in [-0.2, -0.15) is 0 Å². The highest BCUT2D eigenvalue weighted by atomic mass is 16.5. The number of carbonyl (C=O) groups is 2. The maximum atomic E-state index is 12.6. The van der Waals surface area contributed by atoms with Gasteiger partial charge in [-0.3, -0.25) is 9.59 Å². The molecule has 4 rings (SSSR count). The van der Waals surface area contributed by atoms with Crippen LogP contribution in [0.1, 0.15) is 15.9 Å². The van der Waals surface area contributed by atoms with Crippen molar-refractivity contribution in [1.82, 2.24) is 0 Å². The minimum Gasteiger partial charge on any atom is -0.508 e. The highest BCUT2D eigenvalue weighted by Gasteiger charge is 2.25. The summed E-state index contributed by atoms with van der Waals surface area (Å²) >= 11 is 0. The smallest absolute Gasteiger partial charge is 0.211 e. The Balaban J connectivity index is 1.76. The van der Waals surface area contributed by atoms with Gasteiger partial charge in [0.1, 0.15) is 28.6 Å². The fourth-order valence-corrected chi connectivity index (χ4v) is 3.18. The molecule has 0 aliphatic carbocycles. The fraction of sp³-hybridized carbons (Fsp3) is 0.0476. The molecule has 3 aromatic rings. The minimum absolute atomic E-state index is 0.0563. The second-order valence-corrected chi connectivity index (χ2v) is 6.21. The lowest BCUT2D eigenvalue weighted by molar-refractivity contribution is -0.105. The first-order valence-electron chi connectivity index (χ1n) is 8.26. The molecule has 134 valence electrons. The summed E-state index contributed by atoms with van der Waals surface area (Å²) in [6, 6.07) is 15.2. The van der Waals surface area contributed by atoms with E-state index in [1.54, 1.807) is 12.1 Å². The molecule has 0 unspecified atom stereocenters. The summed E-state index contributed by atoms with van der Waals surface area (Å²) in [6.45, 7) is 0. The molecule has 1 amide bonds. The number of carbonyl (C=O) groups excluding carboxylic acids is 2. The molecule has 6 nitrogen and oxygen atoms in total. The van der Waals surface area contributed by atoms with Crippen LogP contribution >= 0.6 is 0 Å². The van der Waals surface area contributed by atoms with Crippen molar-refractivity contribution in [2.24, 2.45) is 0 Å². The number of anilines is 1. The number of aromatic hydroxyl groups is 2. The summed E-state index contributed by atoms with van der Waals surface area (Å²) < 4.78 is 5.79. The molecule has 0 spiro atoms. The largest absolute Gasteiger partial charge is 0.508 e. The predicted molar refractivity (Wildman–Crippen MR) is 99.4 cm³/mol. The van der Waals surface area contributed by atoms with Crippen LogP contribution < -0.4 is 10.1 Å². The van der Waals surface area contributed by atoms with Gasteiger partial charge >= 0.3 is 0 Å². The highest BCUT2D eigenvalue weighted by molar-refractivity contribution is 6.03. The Hall–Kier alpha value is -3.80. The number of hydrogen-bond donors (Lipinski definition) is 3. The van der Waals surface area contributed by atoms with Crippen LogP contribution in [0.4, 0.5) is 5.69 Å². The van der Waals surface area contributed by atoms with E-state index in [1.807, 2.05) is 30.3 Å². The molecule has 0 aromatic heterocycles. The third-order valence-corrected chi connectivity index (χ3v) is 4.40. The van der Waals surface area contributed by atoms with Crippen molar-refractivity contribution in [3.05, 3.63) is 65.7 Å².